The van der Waals surface area contributed by atoms with Crippen molar-refractivity contribution in [2.45, 2.75) is 0 Å². The van der Waals surface area contributed by atoms with Gasteiger partial charge in [0, 0.05) is 24.3 Å². The van der Waals surface area contributed by atoms with Gasteiger partial charge in [-0.1, -0.05) is 12.2 Å². The lowest BCUT2D eigenvalue weighted by atomic mass is 10.2. The predicted octanol–water partition coefficient (Wildman–Crippen LogP) is 1.80. The average molecular weight is 187 g/mol. The molecule has 3 nitrogen and oxygen atoms in total. The lowest BCUT2D eigenvalue weighted by Crippen LogP contribution is -2.03. The molecule has 0 radical (unpaired) electrons. The molecule has 2 rings (SSSR count). The minimum Gasteiger partial charge on any atom is -0.346 e. The number of pyridine rings is 1. The first kappa shape index (κ1) is 8.97. The van der Waals surface area contributed by atoms with Gasteiger partial charge in [0.1, 0.15) is 5.65 Å². The molecule has 14 heavy (non-hydrogen) atoms. The zero-order valence-electron chi connectivity index (χ0n) is 8.12. The zero-order valence-corrected chi connectivity index (χ0v) is 8.12. The van der Waals surface area contributed by atoms with Crippen LogP contribution in [0, 0.1) is 0 Å². The fourth-order valence-electron chi connectivity index (χ4n) is 1.43. The highest BCUT2D eigenvalue weighted by molar-refractivity contribution is 5.85. The number of aromatic amines is 1. The molecular formula is C11H13N3. The Morgan fingerprint density at radius 1 is 1.50 bits per heavy atom. The molecule has 0 aliphatic rings. The fraction of sp³-hybridized carbons (Fsp3) is 0.182. The first-order valence-electron chi connectivity index (χ1n) is 4.65. The summed E-state index contributed by atoms with van der Waals surface area (Å²) >= 11 is 0. The Labute approximate surface area is 82.9 Å². The smallest absolute Gasteiger partial charge is 0.137 e. The minimum absolute atomic E-state index is 0.883. The van der Waals surface area contributed by atoms with Crippen LogP contribution in [-0.2, 0) is 0 Å². The zero-order chi connectivity index (χ0) is 9.80. The Morgan fingerprint density at radius 3 is 3.29 bits per heavy atom. The van der Waals surface area contributed by atoms with Gasteiger partial charge in [0.2, 0.25) is 0 Å². The van der Waals surface area contributed by atoms with Gasteiger partial charge in [0.15, 0.2) is 0 Å². The van der Waals surface area contributed by atoms with Crippen molar-refractivity contribution in [3.05, 3.63) is 36.2 Å². The minimum atomic E-state index is 0.883. The molecule has 3 heteroatoms. The fourth-order valence-corrected chi connectivity index (χ4v) is 1.43. The second-order valence-corrected chi connectivity index (χ2v) is 3.10. The molecule has 2 aromatic rings. The summed E-state index contributed by atoms with van der Waals surface area (Å²) in [6.45, 7) is 0.883. The van der Waals surface area contributed by atoms with Crippen LogP contribution >= 0.6 is 0 Å². The largest absolute Gasteiger partial charge is 0.346 e. The van der Waals surface area contributed by atoms with Crippen molar-refractivity contribution in [2.24, 2.45) is 0 Å². The molecule has 2 N–H and O–H groups in total. The lowest BCUT2D eigenvalue weighted by molar-refractivity contribution is 0.922. The van der Waals surface area contributed by atoms with Gasteiger partial charge in [0.25, 0.3) is 0 Å². The monoisotopic (exact) mass is 187 g/mol. The van der Waals surface area contributed by atoms with Crippen molar-refractivity contribution < 1.29 is 0 Å². The van der Waals surface area contributed by atoms with Crippen molar-refractivity contribution in [1.29, 1.82) is 0 Å². The molecule has 2 heterocycles. The van der Waals surface area contributed by atoms with Crippen molar-refractivity contribution in [2.75, 3.05) is 13.6 Å². The lowest BCUT2D eigenvalue weighted by Gasteiger charge is -1.95. The summed E-state index contributed by atoms with van der Waals surface area (Å²) in [5.41, 5.74) is 2.14. The van der Waals surface area contributed by atoms with Crippen molar-refractivity contribution >= 4 is 17.1 Å². The van der Waals surface area contributed by atoms with Gasteiger partial charge < -0.3 is 10.3 Å². The van der Waals surface area contributed by atoms with Gasteiger partial charge in [-0.15, -0.1) is 0 Å². The Morgan fingerprint density at radius 2 is 2.43 bits per heavy atom. The number of nitrogens with zero attached hydrogens (tertiary/aromatic N) is 1. The molecule has 0 aromatic carbocycles. The number of hydrogen-bond acceptors (Lipinski definition) is 2. The molecule has 0 atom stereocenters. The van der Waals surface area contributed by atoms with Crippen LogP contribution in [0.2, 0.25) is 0 Å². The Kier molecular flexibility index (Phi) is 2.60. The molecule has 72 valence electrons. The van der Waals surface area contributed by atoms with Crippen molar-refractivity contribution in [3.8, 4) is 0 Å². The molecule has 0 unspecified atom stereocenters. The first-order valence-corrected chi connectivity index (χ1v) is 4.65. The molecule has 0 amide bonds. The molecule has 2 aromatic heterocycles. The van der Waals surface area contributed by atoms with Gasteiger partial charge in [-0.3, -0.25) is 0 Å². The topological polar surface area (TPSA) is 40.7 Å². The van der Waals surface area contributed by atoms with Gasteiger partial charge in [-0.2, -0.15) is 0 Å². The summed E-state index contributed by atoms with van der Waals surface area (Å²) in [7, 11) is 1.93. The number of nitrogens with one attached hydrogen (secondary N) is 2. The molecule has 0 aliphatic carbocycles. The summed E-state index contributed by atoms with van der Waals surface area (Å²) in [6, 6.07) is 4.06. The second kappa shape index (κ2) is 4.07. The van der Waals surface area contributed by atoms with Gasteiger partial charge in [0.05, 0.1) is 0 Å². The maximum Gasteiger partial charge on any atom is 0.137 e. The van der Waals surface area contributed by atoms with Gasteiger partial charge in [-0.25, -0.2) is 4.98 Å². The number of fused-ring (bicyclic) bond motifs is 1. The van der Waals surface area contributed by atoms with E-state index < -0.39 is 0 Å². The third-order valence-corrected chi connectivity index (χ3v) is 2.11. The quantitative estimate of drug-likeness (QED) is 0.769. The van der Waals surface area contributed by atoms with E-state index >= 15 is 0 Å². The third-order valence-electron chi connectivity index (χ3n) is 2.11. The summed E-state index contributed by atoms with van der Waals surface area (Å²) in [6.07, 6.45) is 7.93. The molecule has 0 fully saturated rings. The van der Waals surface area contributed by atoms with Crippen LogP contribution in [0.15, 0.2) is 30.6 Å². The summed E-state index contributed by atoms with van der Waals surface area (Å²) in [5.74, 6) is 0. The van der Waals surface area contributed by atoms with Crippen molar-refractivity contribution in [1.82, 2.24) is 15.3 Å². The average Bonchev–Trinajstić information content (AvgIpc) is 2.67. The maximum absolute atomic E-state index is 4.23. The number of H-pyrrole nitrogens is 1. The van der Waals surface area contributed by atoms with E-state index in [-0.39, 0.29) is 0 Å². The van der Waals surface area contributed by atoms with Crippen molar-refractivity contribution in [3.63, 3.8) is 0 Å². The van der Waals surface area contributed by atoms with Gasteiger partial charge >= 0.3 is 0 Å². The van der Waals surface area contributed by atoms with E-state index in [4.69, 9.17) is 0 Å². The summed E-state index contributed by atoms with van der Waals surface area (Å²) in [4.78, 5) is 7.31. The summed E-state index contributed by atoms with van der Waals surface area (Å²) in [5, 5.41) is 4.24. The highest BCUT2D eigenvalue weighted by Gasteiger charge is 1.97. The van der Waals surface area contributed by atoms with E-state index in [1.165, 1.54) is 10.9 Å². The molecule has 0 saturated carbocycles. The second-order valence-electron chi connectivity index (χ2n) is 3.10. The Hall–Kier alpha value is -1.61. The van der Waals surface area contributed by atoms with Crippen LogP contribution in [0.5, 0.6) is 0 Å². The van der Waals surface area contributed by atoms with E-state index in [9.17, 15) is 0 Å². The van der Waals surface area contributed by atoms with E-state index in [0.29, 0.717) is 0 Å². The van der Waals surface area contributed by atoms with E-state index in [2.05, 4.69) is 27.4 Å². The number of likely N-dealkylation sites (N-methyl/N-ethyl adjacent to an activating group) is 1. The first-order chi connectivity index (χ1) is 6.92. The Balaban J connectivity index is 2.36. The number of aromatic nitrogens is 2. The number of hydrogen-bond donors (Lipinski definition) is 2. The van der Waals surface area contributed by atoms with E-state index in [1.54, 1.807) is 0 Å². The van der Waals surface area contributed by atoms with Crippen LogP contribution in [-0.4, -0.2) is 23.6 Å². The highest BCUT2D eigenvalue weighted by atomic mass is 14.8. The molecular weight excluding hydrogens is 174 g/mol. The molecule has 0 aliphatic heterocycles. The number of rotatable bonds is 3. The molecule has 0 bridgehead atoms. The molecule has 0 saturated heterocycles. The standard InChI is InChI=1S/C11H13N3/c1-12-6-2-3-9-4-7-13-11-10(9)5-8-14-11/h2-5,7-8,12H,6H2,1H3,(H,13,14). The third kappa shape index (κ3) is 1.67. The molecule has 0 spiro atoms. The normalized spacial score (nSPS) is 11.5. The van der Waals surface area contributed by atoms with Crippen LogP contribution in [0.3, 0.4) is 0 Å². The van der Waals surface area contributed by atoms with E-state index in [1.807, 2.05) is 31.6 Å². The van der Waals surface area contributed by atoms with Gasteiger partial charge in [-0.05, 0) is 24.7 Å². The van der Waals surface area contributed by atoms with E-state index in [0.717, 1.165) is 12.2 Å². The van der Waals surface area contributed by atoms with Crippen LogP contribution < -0.4 is 5.32 Å². The SMILES string of the molecule is CNCC=Cc1ccnc2[nH]ccc12. The highest BCUT2D eigenvalue weighted by Crippen LogP contribution is 2.15. The summed E-state index contributed by atoms with van der Waals surface area (Å²) < 4.78 is 0. The predicted molar refractivity (Wildman–Crippen MR) is 59.1 cm³/mol. The van der Waals surface area contributed by atoms with Crippen LogP contribution in [0.4, 0.5) is 0 Å². The maximum atomic E-state index is 4.23. The Bertz CT molecular complexity index is 442. The van der Waals surface area contributed by atoms with Crippen LogP contribution in [0.25, 0.3) is 17.1 Å². The van der Waals surface area contributed by atoms with Crippen LogP contribution in [0.1, 0.15) is 5.56 Å².